The molecule has 0 aliphatic carbocycles. The zero-order valence-corrected chi connectivity index (χ0v) is 14.7. The zero-order chi connectivity index (χ0) is 16.4. The molecule has 0 unspecified atom stereocenters. The molecule has 0 amide bonds. The van der Waals surface area contributed by atoms with Crippen molar-refractivity contribution in [2.75, 3.05) is 19.5 Å². The number of benzene rings is 1. The van der Waals surface area contributed by atoms with Gasteiger partial charge in [-0.1, -0.05) is 0 Å². The number of nitrogens with zero attached hydrogens (tertiary/aromatic N) is 3. The molecule has 2 heterocycles. The molecule has 0 saturated heterocycles. The molecule has 0 saturated carbocycles. The van der Waals surface area contributed by atoms with Gasteiger partial charge in [0.2, 0.25) is 0 Å². The highest BCUT2D eigenvalue weighted by molar-refractivity contribution is 9.10. The lowest BCUT2D eigenvalue weighted by atomic mass is 10.2. The lowest BCUT2D eigenvalue weighted by Gasteiger charge is -2.12. The van der Waals surface area contributed by atoms with Crippen molar-refractivity contribution >= 4 is 32.7 Å². The first-order valence-electron chi connectivity index (χ1n) is 7.06. The normalized spacial score (nSPS) is 10.8. The van der Waals surface area contributed by atoms with Gasteiger partial charge in [0.25, 0.3) is 0 Å². The van der Waals surface area contributed by atoms with Crippen LogP contribution in [0.2, 0.25) is 0 Å². The molecule has 3 rings (SSSR count). The van der Waals surface area contributed by atoms with Gasteiger partial charge in [-0.2, -0.15) is 5.10 Å². The van der Waals surface area contributed by atoms with Gasteiger partial charge in [0, 0.05) is 31.4 Å². The van der Waals surface area contributed by atoms with Crippen LogP contribution in [0.25, 0.3) is 10.9 Å². The fraction of sp³-hybridized carbons (Fsp3) is 0.250. The number of rotatable bonds is 5. The molecule has 0 radical (unpaired) electrons. The highest BCUT2D eigenvalue weighted by atomic mass is 79.9. The third-order valence-corrected chi connectivity index (χ3v) is 4.22. The summed E-state index contributed by atoms with van der Waals surface area (Å²) in [6.07, 6.45) is 1.77. The average Bonchev–Trinajstić information content (AvgIpc) is 2.87. The van der Waals surface area contributed by atoms with Crippen LogP contribution in [-0.4, -0.2) is 29.0 Å². The Morgan fingerprint density at radius 3 is 2.78 bits per heavy atom. The minimum Gasteiger partial charge on any atom is -0.497 e. The highest BCUT2D eigenvalue weighted by Gasteiger charge is 2.12. The number of aromatic nitrogens is 3. The third-order valence-electron chi connectivity index (χ3n) is 3.66. The van der Waals surface area contributed by atoms with Crippen LogP contribution >= 0.6 is 15.9 Å². The minimum atomic E-state index is 0.584. The molecule has 120 valence electrons. The number of fused-ring (bicyclic) bond motifs is 1. The number of hydrogen-bond donors (Lipinski definition) is 1. The Morgan fingerprint density at radius 2 is 2.04 bits per heavy atom. The van der Waals surface area contributed by atoms with Gasteiger partial charge in [-0.3, -0.25) is 4.68 Å². The number of anilines is 1. The molecule has 6 nitrogen and oxygen atoms in total. The van der Waals surface area contributed by atoms with E-state index in [4.69, 9.17) is 9.47 Å². The maximum Gasteiger partial charge on any atom is 0.139 e. The van der Waals surface area contributed by atoms with Crippen LogP contribution in [0.1, 0.15) is 5.56 Å². The second-order valence-corrected chi connectivity index (χ2v) is 5.75. The summed E-state index contributed by atoms with van der Waals surface area (Å²) in [7, 11) is 5.19. The highest BCUT2D eigenvalue weighted by Crippen LogP contribution is 2.30. The summed E-state index contributed by atoms with van der Waals surface area (Å²) in [6, 6.07) is 7.69. The molecule has 0 aliphatic rings. The van der Waals surface area contributed by atoms with Crippen molar-refractivity contribution in [2.24, 2.45) is 7.05 Å². The molecule has 23 heavy (non-hydrogen) atoms. The van der Waals surface area contributed by atoms with E-state index in [1.807, 2.05) is 36.0 Å². The number of halogens is 1. The van der Waals surface area contributed by atoms with Crippen LogP contribution in [-0.2, 0) is 13.6 Å². The fourth-order valence-corrected chi connectivity index (χ4v) is 3.10. The van der Waals surface area contributed by atoms with Crippen molar-refractivity contribution in [3.8, 4) is 11.5 Å². The fourth-order valence-electron chi connectivity index (χ4n) is 2.47. The first kappa shape index (κ1) is 15.6. The standard InChI is InChI=1S/C16H17BrN4O2/c1-21-12-6-7-18-16(14(12)15(17)20-21)19-9-10-4-5-11(22-2)8-13(10)23-3/h4-8H,9H2,1-3H3,(H,18,19). The molecule has 0 aliphatic heterocycles. The number of nitrogens with one attached hydrogen (secondary N) is 1. The van der Waals surface area contributed by atoms with E-state index in [2.05, 4.69) is 31.3 Å². The molecule has 0 spiro atoms. The average molecular weight is 377 g/mol. The number of ether oxygens (including phenoxy) is 2. The molecular formula is C16H17BrN4O2. The van der Waals surface area contributed by atoms with Gasteiger partial charge in [-0.25, -0.2) is 4.98 Å². The van der Waals surface area contributed by atoms with Crippen molar-refractivity contribution in [2.45, 2.75) is 6.54 Å². The smallest absolute Gasteiger partial charge is 0.139 e. The number of aryl methyl sites for hydroxylation is 1. The monoisotopic (exact) mass is 376 g/mol. The Balaban J connectivity index is 1.89. The van der Waals surface area contributed by atoms with E-state index in [9.17, 15) is 0 Å². The third kappa shape index (κ3) is 2.96. The summed E-state index contributed by atoms with van der Waals surface area (Å²) in [6.45, 7) is 0.584. The Hall–Kier alpha value is -2.28. The minimum absolute atomic E-state index is 0.584. The van der Waals surface area contributed by atoms with Gasteiger partial charge in [-0.05, 0) is 34.1 Å². The van der Waals surface area contributed by atoms with Crippen molar-refractivity contribution in [1.29, 1.82) is 0 Å². The molecular weight excluding hydrogens is 360 g/mol. The first-order valence-corrected chi connectivity index (χ1v) is 7.85. The largest absolute Gasteiger partial charge is 0.497 e. The van der Waals surface area contributed by atoms with Crippen LogP contribution in [0.4, 0.5) is 5.82 Å². The molecule has 7 heteroatoms. The van der Waals surface area contributed by atoms with Gasteiger partial charge in [-0.15, -0.1) is 0 Å². The lowest BCUT2D eigenvalue weighted by molar-refractivity contribution is 0.391. The summed E-state index contributed by atoms with van der Waals surface area (Å²) in [4.78, 5) is 4.43. The summed E-state index contributed by atoms with van der Waals surface area (Å²) < 4.78 is 13.2. The lowest BCUT2D eigenvalue weighted by Crippen LogP contribution is -2.04. The number of hydrogen-bond acceptors (Lipinski definition) is 5. The van der Waals surface area contributed by atoms with Crippen molar-refractivity contribution < 1.29 is 9.47 Å². The molecule has 2 aromatic heterocycles. The predicted molar refractivity (Wildman–Crippen MR) is 93.1 cm³/mol. The quantitative estimate of drug-likeness (QED) is 0.739. The second kappa shape index (κ2) is 6.45. The van der Waals surface area contributed by atoms with E-state index in [1.54, 1.807) is 20.4 Å². The Labute approximate surface area is 142 Å². The molecule has 0 atom stereocenters. The molecule has 3 aromatic rings. The predicted octanol–water partition coefficient (Wildman–Crippen LogP) is 3.36. The van der Waals surface area contributed by atoms with Crippen LogP contribution in [0.15, 0.2) is 35.1 Å². The van der Waals surface area contributed by atoms with Crippen LogP contribution in [0.5, 0.6) is 11.5 Å². The Morgan fingerprint density at radius 1 is 1.22 bits per heavy atom. The summed E-state index contributed by atoms with van der Waals surface area (Å²) in [5.74, 6) is 2.32. The summed E-state index contributed by atoms with van der Waals surface area (Å²) in [5.41, 5.74) is 2.03. The van der Waals surface area contributed by atoms with Gasteiger partial charge in [0.05, 0.1) is 25.1 Å². The summed E-state index contributed by atoms with van der Waals surface area (Å²) >= 11 is 3.49. The van der Waals surface area contributed by atoms with E-state index in [0.717, 1.165) is 38.4 Å². The molecule has 0 fully saturated rings. The van der Waals surface area contributed by atoms with Crippen LogP contribution < -0.4 is 14.8 Å². The second-order valence-electron chi connectivity index (χ2n) is 5.00. The first-order chi connectivity index (χ1) is 11.1. The van der Waals surface area contributed by atoms with Crippen molar-refractivity contribution in [3.05, 3.63) is 40.6 Å². The Bertz CT molecular complexity index is 847. The van der Waals surface area contributed by atoms with Gasteiger partial charge in [0.1, 0.15) is 21.9 Å². The van der Waals surface area contributed by atoms with E-state index in [1.165, 1.54) is 0 Å². The summed E-state index contributed by atoms with van der Waals surface area (Å²) in [5, 5.41) is 8.69. The van der Waals surface area contributed by atoms with Gasteiger partial charge in [0.15, 0.2) is 0 Å². The topological polar surface area (TPSA) is 61.2 Å². The van der Waals surface area contributed by atoms with Crippen molar-refractivity contribution in [3.63, 3.8) is 0 Å². The zero-order valence-electron chi connectivity index (χ0n) is 13.1. The van der Waals surface area contributed by atoms with E-state index in [0.29, 0.717) is 6.54 Å². The van der Waals surface area contributed by atoms with E-state index >= 15 is 0 Å². The van der Waals surface area contributed by atoms with Crippen LogP contribution in [0, 0.1) is 0 Å². The van der Waals surface area contributed by atoms with E-state index in [-0.39, 0.29) is 0 Å². The molecule has 1 aromatic carbocycles. The SMILES string of the molecule is COc1ccc(CNc2nccc3c2c(Br)nn3C)c(OC)c1. The van der Waals surface area contributed by atoms with E-state index < -0.39 is 0 Å². The number of methoxy groups -OCH3 is 2. The van der Waals surface area contributed by atoms with Crippen molar-refractivity contribution in [1.82, 2.24) is 14.8 Å². The maximum atomic E-state index is 5.43. The maximum absolute atomic E-state index is 5.43. The Kier molecular flexibility index (Phi) is 4.38. The van der Waals surface area contributed by atoms with Gasteiger partial charge >= 0.3 is 0 Å². The molecule has 0 bridgehead atoms. The molecule has 1 N–H and O–H groups in total. The number of pyridine rings is 1. The van der Waals surface area contributed by atoms with Gasteiger partial charge < -0.3 is 14.8 Å². The van der Waals surface area contributed by atoms with Crippen LogP contribution in [0.3, 0.4) is 0 Å².